The Morgan fingerprint density at radius 1 is 1.32 bits per heavy atom. The first kappa shape index (κ1) is 18.4. The van der Waals surface area contributed by atoms with Gasteiger partial charge in [-0.15, -0.1) is 11.8 Å². The van der Waals surface area contributed by atoms with Crippen LogP contribution in [0.25, 0.3) is 0 Å². The average molecular weight is 325 g/mol. The average Bonchev–Trinajstić information content (AvgIpc) is 2.37. The summed E-state index contributed by atoms with van der Waals surface area (Å²) in [6.07, 6.45) is -0.0738. The van der Waals surface area contributed by atoms with Crippen LogP contribution in [-0.4, -0.2) is 33.6 Å². The molecule has 22 heavy (non-hydrogen) atoms. The Hall–Kier alpha value is -1.69. The Labute approximate surface area is 135 Å². The van der Waals surface area contributed by atoms with Crippen molar-refractivity contribution < 1.29 is 19.4 Å². The number of nitrogens with one attached hydrogen (secondary N) is 1. The summed E-state index contributed by atoms with van der Waals surface area (Å²) in [5.74, 6) is -0.470. The van der Waals surface area contributed by atoms with Crippen molar-refractivity contribution in [1.29, 1.82) is 0 Å². The van der Waals surface area contributed by atoms with Crippen LogP contribution in [0.1, 0.15) is 45.0 Å². The van der Waals surface area contributed by atoms with Crippen LogP contribution in [0.2, 0.25) is 0 Å². The molecule has 1 aromatic carbocycles. The number of carboxylic acids is 1. The molecular formula is C16H23NO4S. The number of hydrogen-bond acceptors (Lipinski definition) is 4. The van der Waals surface area contributed by atoms with Gasteiger partial charge in [-0.25, -0.2) is 4.79 Å². The van der Waals surface area contributed by atoms with E-state index in [9.17, 15) is 9.59 Å². The van der Waals surface area contributed by atoms with Crippen LogP contribution < -0.4 is 10.1 Å². The zero-order valence-electron chi connectivity index (χ0n) is 13.6. The molecule has 0 bridgehead atoms. The van der Waals surface area contributed by atoms with Gasteiger partial charge in [0.25, 0.3) is 0 Å². The molecule has 0 saturated heterocycles. The van der Waals surface area contributed by atoms with Gasteiger partial charge in [-0.05, 0) is 32.0 Å². The SMILES string of the molecule is CC(C)Oc1ccc(C(=O)O)cc1NC(=O)CSC(C)(C)C. The van der Waals surface area contributed by atoms with Crippen LogP contribution in [0.15, 0.2) is 18.2 Å². The lowest BCUT2D eigenvalue weighted by atomic mass is 10.2. The molecule has 0 unspecified atom stereocenters. The van der Waals surface area contributed by atoms with Crippen LogP contribution >= 0.6 is 11.8 Å². The lowest BCUT2D eigenvalue weighted by molar-refractivity contribution is -0.113. The highest BCUT2D eigenvalue weighted by atomic mass is 32.2. The number of carbonyl (C=O) groups is 2. The van der Waals surface area contributed by atoms with Crippen molar-refractivity contribution >= 4 is 29.3 Å². The molecule has 1 rings (SSSR count). The molecule has 0 heterocycles. The quantitative estimate of drug-likeness (QED) is 0.835. The fraction of sp³-hybridized carbons (Fsp3) is 0.500. The molecule has 0 spiro atoms. The van der Waals surface area contributed by atoms with Gasteiger partial charge in [0.15, 0.2) is 0 Å². The molecule has 0 saturated carbocycles. The number of ether oxygens (including phenoxy) is 1. The fourth-order valence-corrected chi connectivity index (χ4v) is 2.22. The lowest BCUT2D eigenvalue weighted by Gasteiger charge is -2.18. The highest BCUT2D eigenvalue weighted by molar-refractivity contribution is 8.01. The van der Waals surface area contributed by atoms with E-state index in [0.29, 0.717) is 17.2 Å². The number of carboxylic acid groups (broad SMARTS) is 1. The summed E-state index contributed by atoms with van der Waals surface area (Å²) >= 11 is 1.52. The van der Waals surface area contributed by atoms with Gasteiger partial charge in [0.05, 0.1) is 23.1 Å². The summed E-state index contributed by atoms with van der Waals surface area (Å²) < 4.78 is 5.60. The fourth-order valence-electron chi connectivity index (χ4n) is 1.59. The minimum Gasteiger partial charge on any atom is -0.489 e. The predicted molar refractivity (Wildman–Crippen MR) is 90.0 cm³/mol. The first-order valence-electron chi connectivity index (χ1n) is 7.06. The molecule has 0 aromatic heterocycles. The molecule has 2 N–H and O–H groups in total. The summed E-state index contributed by atoms with van der Waals surface area (Å²) in [4.78, 5) is 23.1. The Morgan fingerprint density at radius 3 is 2.45 bits per heavy atom. The molecule has 122 valence electrons. The van der Waals surface area contributed by atoms with Gasteiger partial charge in [-0.3, -0.25) is 4.79 Å². The van der Waals surface area contributed by atoms with Crippen LogP contribution in [0.3, 0.4) is 0 Å². The van der Waals surface area contributed by atoms with Crippen LogP contribution in [-0.2, 0) is 4.79 Å². The molecule has 5 nitrogen and oxygen atoms in total. The number of thioether (sulfide) groups is 1. The first-order chi connectivity index (χ1) is 10.1. The van der Waals surface area contributed by atoms with E-state index in [2.05, 4.69) is 5.32 Å². The van der Waals surface area contributed by atoms with Gasteiger partial charge in [-0.2, -0.15) is 0 Å². The minimum absolute atomic E-state index is 0.0164. The van der Waals surface area contributed by atoms with E-state index >= 15 is 0 Å². The van der Waals surface area contributed by atoms with Gasteiger partial charge < -0.3 is 15.2 Å². The number of hydrogen-bond donors (Lipinski definition) is 2. The first-order valence-corrected chi connectivity index (χ1v) is 8.05. The number of rotatable bonds is 6. The normalized spacial score (nSPS) is 11.4. The van der Waals surface area contributed by atoms with Crippen molar-refractivity contribution in [3.05, 3.63) is 23.8 Å². The smallest absolute Gasteiger partial charge is 0.335 e. The molecular weight excluding hydrogens is 302 g/mol. The van der Waals surface area contributed by atoms with Crippen LogP contribution in [0.5, 0.6) is 5.75 Å². The van der Waals surface area contributed by atoms with Crippen LogP contribution in [0.4, 0.5) is 5.69 Å². The Kier molecular flexibility index (Phi) is 6.29. The predicted octanol–water partition coefficient (Wildman–Crippen LogP) is 3.64. The number of anilines is 1. The van der Waals surface area contributed by atoms with Crippen molar-refractivity contribution in [2.45, 2.75) is 45.5 Å². The Bertz CT molecular complexity index is 550. The van der Waals surface area contributed by atoms with E-state index in [4.69, 9.17) is 9.84 Å². The van der Waals surface area contributed by atoms with Crippen molar-refractivity contribution in [1.82, 2.24) is 0 Å². The molecule has 0 radical (unpaired) electrons. The zero-order chi connectivity index (χ0) is 16.9. The van der Waals surface area contributed by atoms with E-state index in [0.717, 1.165) is 0 Å². The second-order valence-corrected chi connectivity index (χ2v) is 7.93. The number of aromatic carboxylic acids is 1. The Balaban J connectivity index is 2.91. The van der Waals surface area contributed by atoms with Crippen molar-refractivity contribution in [2.24, 2.45) is 0 Å². The van der Waals surface area contributed by atoms with E-state index in [-0.39, 0.29) is 22.3 Å². The number of benzene rings is 1. The summed E-state index contributed by atoms with van der Waals surface area (Å²) in [5.41, 5.74) is 0.489. The van der Waals surface area contributed by atoms with Gasteiger partial charge in [0, 0.05) is 4.75 Å². The van der Waals surface area contributed by atoms with Crippen molar-refractivity contribution in [3.8, 4) is 5.75 Å². The van der Waals surface area contributed by atoms with Crippen LogP contribution in [0, 0.1) is 0 Å². The third kappa shape index (κ3) is 6.39. The standard InChI is InChI=1S/C16H23NO4S/c1-10(2)21-13-7-6-11(15(19)20)8-12(13)17-14(18)9-22-16(3,4)5/h6-8,10H,9H2,1-5H3,(H,17,18)(H,19,20). The molecule has 0 aliphatic rings. The van der Waals surface area contributed by atoms with E-state index < -0.39 is 5.97 Å². The van der Waals surface area contributed by atoms with Gasteiger partial charge in [0.2, 0.25) is 5.91 Å². The maximum Gasteiger partial charge on any atom is 0.335 e. The summed E-state index contributed by atoms with van der Waals surface area (Å²) in [6.45, 7) is 9.83. The lowest BCUT2D eigenvalue weighted by Crippen LogP contribution is -2.20. The molecule has 0 aliphatic carbocycles. The number of carbonyl (C=O) groups excluding carboxylic acids is 1. The second-order valence-electron chi connectivity index (χ2n) is 6.13. The third-order valence-electron chi connectivity index (χ3n) is 2.50. The van der Waals surface area contributed by atoms with E-state index in [1.807, 2.05) is 34.6 Å². The second kappa shape index (κ2) is 7.54. The zero-order valence-corrected chi connectivity index (χ0v) is 14.4. The van der Waals surface area contributed by atoms with E-state index in [1.165, 1.54) is 23.9 Å². The summed E-state index contributed by atoms with van der Waals surface area (Å²) in [5, 5.41) is 11.8. The minimum atomic E-state index is -1.05. The van der Waals surface area contributed by atoms with Crippen molar-refractivity contribution in [2.75, 3.05) is 11.1 Å². The van der Waals surface area contributed by atoms with Gasteiger partial charge in [-0.1, -0.05) is 20.8 Å². The summed E-state index contributed by atoms with van der Waals surface area (Å²) in [6, 6.07) is 4.44. The molecule has 1 aromatic rings. The number of amides is 1. The van der Waals surface area contributed by atoms with Crippen molar-refractivity contribution in [3.63, 3.8) is 0 Å². The highest BCUT2D eigenvalue weighted by Crippen LogP contribution is 2.28. The largest absolute Gasteiger partial charge is 0.489 e. The maximum atomic E-state index is 12.0. The van der Waals surface area contributed by atoms with Gasteiger partial charge >= 0.3 is 5.97 Å². The summed E-state index contributed by atoms with van der Waals surface area (Å²) in [7, 11) is 0. The Morgan fingerprint density at radius 2 is 1.95 bits per heavy atom. The molecule has 0 fully saturated rings. The topological polar surface area (TPSA) is 75.6 Å². The molecule has 0 atom stereocenters. The van der Waals surface area contributed by atoms with Gasteiger partial charge in [0.1, 0.15) is 5.75 Å². The third-order valence-corrected chi connectivity index (χ3v) is 3.77. The monoisotopic (exact) mass is 325 g/mol. The maximum absolute atomic E-state index is 12.0. The highest BCUT2D eigenvalue weighted by Gasteiger charge is 2.16. The molecule has 1 amide bonds. The molecule has 0 aliphatic heterocycles. The molecule has 6 heteroatoms. The van der Waals surface area contributed by atoms with E-state index in [1.54, 1.807) is 6.07 Å².